The van der Waals surface area contributed by atoms with Crippen molar-refractivity contribution in [3.63, 3.8) is 0 Å². The summed E-state index contributed by atoms with van der Waals surface area (Å²) in [5.74, 6) is 1.37. The zero-order valence-electron chi connectivity index (χ0n) is 12.4. The van der Waals surface area contributed by atoms with Crippen LogP contribution < -0.4 is 10.1 Å². The lowest BCUT2D eigenvalue weighted by atomic mass is 9.96. The van der Waals surface area contributed by atoms with Crippen molar-refractivity contribution in [2.75, 3.05) is 33.8 Å². The molecule has 1 saturated heterocycles. The van der Waals surface area contributed by atoms with Crippen molar-refractivity contribution in [3.8, 4) is 5.75 Å². The van der Waals surface area contributed by atoms with Crippen LogP contribution in [0.15, 0.2) is 24.3 Å². The van der Waals surface area contributed by atoms with Crippen molar-refractivity contribution in [3.05, 3.63) is 29.8 Å². The van der Waals surface area contributed by atoms with Gasteiger partial charge in [-0.15, -0.1) is 0 Å². The Labute approximate surface area is 121 Å². The Morgan fingerprint density at radius 3 is 2.75 bits per heavy atom. The fourth-order valence-corrected chi connectivity index (χ4v) is 2.69. The number of nitrogens with zero attached hydrogens (tertiary/aromatic N) is 1. The molecule has 4 nitrogen and oxygen atoms in total. The first-order valence-electron chi connectivity index (χ1n) is 7.30. The normalized spacial score (nSPS) is 15.9. The molecule has 0 radical (unpaired) electrons. The van der Waals surface area contributed by atoms with Crippen LogP contribution in [0.25, 0.3) is 0 Å². The summed E-state index contributed by atoms with van der Waals surface area (Å²) in [4.78, 5) is 14.2. The number of rotatable bonds is 5. The molecule has 0 spiro atoms. The number of methoxy groups -OCH3 is 1. The van der Waals surface area contributed by atoms with Gasteiger partial charge in [0.1, 0.15) is 5.75 Å². The highest BCUT2D eigenvalue weighted by Gasteiger charge is 2.23. The van der Waals surface area contributed by atoms with Gasteiger partial charge in [-0.3, -0.25) is 4.79 Å². The Hall–Kier alpha value is -1.55. The molecule has 1 N–H and O–H groups in total. The molecule has 0 aliphatic carbocycles. The van der Waals surface area contributed by atoms with E-state index < -0.39 is 0 Å². The van der Waals surface area contributed by atoms with Gasteiger partial charge in [0.15, 0.2) is 0 Å². The third kappa shape index (κ3) is 3.73. The maximum atomic E-state index is 12.3. The third-order valence-corrected chi connectivity index (χ3v) is 3.97. The minimum atomic E-state index is 0.193. The van der Waals surface area contributed by atoms with Crippen LogP contribution in [-0.2, 0) is 11.2 Å². The summed E-state index contributed by atoms with van der Waals surface area (Å²) in [5, 5.41) is 3.29. The molecule has 4 heteroatoms. The van der Waals surface area contributed by atoms with E-state index >= 15 is 0 Å². The number of carbonyl (C=O) groups is 1. The molecule has 0 unspecified atom stereocenters. The van der Waals surface area contributed by atoms with Crippen molar-refractivity contribution >= 4 is 5.91 Å². The summed E-state index contributed by atoms with van der Waals surface area (Å²) in [6.45, 7) is 2.65. The van der Waals surface area contributed by atoms with Crippen molar-refractivity contribution in [1.29, 1.82) is 0 Å². The van der Waals surface area contributed by atoms with Crippen LogP contribution in [0.3, 0.4) is 0 Å². The van der Waals surface area contributed by atoms with E-state index in [2.05, 4.69) is 11.4 Å². The second-order valence-electron chi connectivity index (χ2n) is 5.35. The van der Waals surface area contributed by atoms with Crippen molar-refractivity contribution < 1.29 is 9.53 Å². The van der Waals surface area contributed by atoms with E-state index in [9.17, 15) is 4.79 Å². The molecule has 0 atom stereocenters. The number of benzene rings is 1. The van der Waals surface area contributed by atoms with Gasteiger partial charge < -0.3 is 15.0 Å². The van der Waals surface area contributed by atoms with Crippen LogP contribution in [0, 0.1) is 5.92 Å². The van der Waals surface area contributed by atoms with Gasteiger partial charge in [-0.25, -0.2) is 0 Å². The number of nitrogens with one attached hydrogen (secondary N) is 1. The van der Waals surface area contributed by atoms with Gasteiger partial charge in [-0.1, -0.05) is 18.2 Å². The molecular weight excluding hydrogens is 252 g/mol. The zero-order valence-corrected chi connectivity index (χ0v) is 12.4. The van der Waals surface area contributed by atoms with Gasteiger partial charge >= 0.3 is 0 Å². The van der Waals surface area contributed by atoms with E-state index in [1.165, 1.54) is 0 Å². The molecule has 1 aliphatic rings. The van der Waals surface area contributed by atoms with Gasteiger partial charge in [0.05, 0.1) is 7.11 Å². The largest absolute Gasteiger partial charge is 0.496 e. The molecule has 0 bridgehead atoms. The first kappa shape index (κ1) is 14.9. The minimum Gasteiger partial charge on any atom is -0.496 e. The maximum absolute atomic E-state index is 12.3. The third-order valence-electron chi connectivity index (χ3n) is 3.97. The summed E-state index contributed by atoms with van der Waals surface area (Å²) in [6.07, 6.45) is 2.74. The minimum absolute atomic E-state index is 0.193. The fraction of sp³-hybridized carbons (Fsp3) is 0.562. The summed E-state index contributed by atoms with van der Waals surface area (Å²) in [5.41, 5.74) is 1.15. The number of piperidine rings is 1. The Morgan fingerprint density at radius 1 is 1.35 bits per heavy atom. The first-order valence-corrected chi connectivity index (χ1v) is 7.30. The number of hydrogen-bond acceptors (Lipinski definition) is 3. The maximum Gasteiger partial charge on any atom is 0.225 e. The summed E-state index contributed by atoms with van der Waals surface area (Å²) >= 11 is 0. The molecule has 0 saturated carbocycles. The summed E-state index contributed by atoms with van der Waals surface area (Å²) in [7, 11) is 3.59. The van der Waals surface area contributed by atoms with Crippen LogP contribution in [-0.4, -0.2) is 44.6 Å². The van der Waals surface area contributed by atoms with Gasteiger partial charge in [-0.05, 0) is 44.0 Å². The topological polar surface area (TPSA) is 41.6 Å². The molecule has 20 heavy (non-hydrogen) atoms. The highest BCUT2D eigenvalue weighted by molar-refractivity contribution is 5.78. The standard InChI is InChI=1S/C16H24N2O2/c1-18(16(19)14-7-10-17-11-8-14)12-9-13-5-3-4-6-15(13)20-2/h3-6,14,17H,7-12H2,1-2H3. The van der Waals surface area contributed by atoms with Crippen LogP contribution in [0.5, 0.6) is 5.75 Å². The van der Waals surface area contributed by atoms with E-state index in [1.54, 1.807) is 7.11 Å². The summed E-state index contributed by atoms with van der Waals surface area (Å²) in [6, 6.07) is 7.99. The molecule has 110 valence electrons. The molecule has 2 rings (SSSR count). The monoisotopic (exact) mass is 276 g/mol. The average Bonchev–Trinajstić information content (AvgIpc) is 2.53. The van der Waals surface area contributed by atoms with Crippen LogP contribution >= 0.6 is 0 Å². The van der Waals surface area contributed by atoms with Gasteiger partial charge in [0.25, 0.3) is 0 Å². The zero-order chi connectivity index (χ0) is 14.4. The lowest BCUT2D eigenvalue weighted by Gasteiger charge is -2.27. The first-order chi connectivity index (χ1) is 9.72. The van der Waals surface area contributed by atoms with Gasteiger partial charge in [-0.2, -0.15) is 0 Å². The molecule has 1 aliphatic heterocycles. The highest BCUT2D eigenvalue weighted by atomic mass is 16.5. The molecule has 1 aromatic carbocycles. The molecule has 1 heterocycles. The van der Waals surface area contributed by atoms with E-state index in [0.717, 1.165) is 50.2 Å². The number of likely N-dealkylation sites (N-methyl/N-ethyl adjacent to an activating group) is 1. The molecule has 1 aromatic rings. The predicted molar refractivity (Wildman–Crippen MR) is 79.9 cm³/mol. The van der Waals surface area contributed by atoms with Gasteiger partial charge in [0.2, 0.25) is 5.91 Å². The average molecular weight is 276 g/mol. The SMILES string of the molecule is COc1ccccc1CCN(C)C(=O)C1CCNCC1. The van der Waals surface area contributed by atoms with E-state index in [0.29, 0.717) is 0 Å². The number of carbonyl (C=O) groups excluding carboxylic acids is 1. The smallest absolute Gasteiger partial charge is 0.225 e. The van der Waals surface area contributed by atoms with Crippen LogP contribution in [0.4, 0.5) is 0 Å². The Kier molecular flexibility index (Phi) is 5.41. The van der Waals surface area contributed by atoms with E-state index in [-0.39, 0.29) is 11.8 Å². The van der Waals surface area contributed by atoms with Gasteiger partial charge in [0, 0.05) is 19.5 Å². The Bertz CT molecular complexity index is 442. The second-order valence-corrected chi connectivity index (χ2v) is 5.35. The molecule has 0 aromatic heterocycles. The van der Waals surface area contributed by atoms with Crippen LogP contribution in [0.1, 0.15) is 18.4 Å². The second kappa shape index (κ2) is 7.29. The molecule has 1 fully saturated rings. The van der Waals surface area contributed by atoms with E-state index in [4.69, 9.17) is 4.74 Å². The molecule has 1 amide bonds. The quantitative estimate of drug-likeness (QED) is 0.890. The summed E-state index contributed by atoms with van der Waals surface area (Å²) < 4.78 is 5.34. The number of amides is 1. The van der Waals surface area contributed by atoms with Crippen molar-refractivity contribution in [2.24, 2.45) is 5.92 Å². The number of ether oxygens (including phenoxy) is 1. The fourth-order valence-electron chi connectivity index (χ4n) is 2.69. The van der Waals surface area contributed by atoms with Crippen LogP contribution in [0.2, 0.25) is 0 Å². The van der Waals surface area contributed by atoms with E-state index in [1.807, 2.05) is 30.1 Å². The highest BCUT2D eigenvalue weighted by Crippen LogP contribution is 2.19. The lowest BCUT2D eigenvalue weighted by Crippen LogP contribution is -2.39. The Morgan fingerprint density at radius 2 is 2.05 bits per heavy atom. The van der Waals surface area contributed by atoms with Crippen molar-refractivity contribution in [2.45, 2.75) is 19.3 Å². The molecular formula is C16H24N2O2. The Balaban J connectivity index is 1.87. The number of hydrogen-bond donors (Lipinski definition) is 1. The van der Waals surface area contributed by atoms with Crippen molar-refractivity contribution in [1.82, 2.24) is 10.2 Å². The predicted octanol–water partition coefficient (Wildman–Crippen LogP) is 1.70. The number of para-hydroxylation sites is 1. The lowest BCUT2D eigenvalue weighted by molar-refractivity contribution is -0.134.